The van der Waals surface area contributed by atoms with Gasteiger partial charge in [0.25, 0.3) is 11.8 Å². The normalized spacial score (nSPS) is 15.0. The van der Waals surface area contributed by atoms with E-state index >= 15 is 0 Å². The van der Waals surface area contributed by atoms with Crippen LogP contribution in [0.5, 0.6) is 5.75 Å². The number of benzene rings is 1. The lowest BCUT2D eigenvalue weighted by Gasteiger charge is -2.14. The molecule has 2 rings (SSSR count). The van der Waals surface area contributed by atoms with Crippen molar-refractivity contribution in [3.8, 4) is 5.75 Å². The lowest BCUT2D eigenvalue weighted by atomic mass is 10.1. The van der Waals surface area contributed by atoms with Crippen LogP contribution >= 0.6 is 11.6 Å². The standard InChI is InChI=1S/C17H20ClNO3/c1-3-4-5-6-11-19-16(20)14(15(18)17(19)21)12-7-9-13(22-2)10-8-12/h7-10H,3-6,11H2,1-2H3. The summed E-state index contributed by atoms with van der Waals surface area (Å²) in [5.41, 5.74) is 0.921. The van der Waals surface area contributed by atoms with Crippen molar-refractivity contribution >= 4 is 29.0 Å². The summed E-state index contributed by atoms with van der Waals surface area (Å²) in [6, 6.07) is 6.97. The number of methoxy groups -OCH3 is 1. The minimum atomic E-state index is -0.394. The Morgan fingerprint density at radius 3 is 2.32 bits per heavy atom. The van der Waals surface area contributed by atoms with Gasteiger partial charge in [-0.05, 0) is 24.1 Å². The fourth-order valence-corrected chi connectivity index (χ4v) is 2.75. The summed E-state index contributed by atoms with van der Waals surface area (Å²) in [6.07, 6.45) is 4.02. The van der Waals surface area contributed by atoms with Crippen LogP contribution in [0.1, 0.15) is 38.2 Å². The second-order valence-corrected chi connectivity index (χ2v) is 5.62. The SMILES string of the molecule is CCCCCCN1C(=O)C(Cl)=C(c2ccc(OC)cc2)C1=O. The molecule has 0 atom stereocenters. The van der Waals surface area contributed by atoms with E-state index in [4.69, 9.17) is 16.3 Å². The Bertz CT molecular complexity index is 592. The van der Waals surface area contributed by atoms with Gasteiger partial charge in [-0.3, -0.25) is 14.5 Å². The van der Waals surface area contributed by atoms with Crippen molar-refractivity contribution in [2.75, 3.05) is 13.7 Å². The maximum Gasteiger partial charge on any atom is 0.273 e. The predicted molar refractivity (Wildman–Crippen MR) is 86.6 cm³/mol. The second-order valence-electron chi connectivity index (χ2n) is 5.24. The molecule has 1 aromatic rings. The number of amides is 2. The third kappa shape index (κ3) is 3.33. The summed E-state index contributed by atoms with van der Waals surface area (Å²) in [5, 5.41) is 0.00524. The summed E-state index contributed by atoms with van der Waals surface area (Å²) in [5.74, 6) is -0.0145. The zero-order valence-corrected chi connectivity index (χ0v) is 13.7. The molecule has 0 aromatic heterocycles. The molecule has 2 amide bonds. The van der Waals surface area contributed by atoms with Crippen molar-refractivity contribution in [3.63, 3.8) is 0 Å². The number of unbranched alkanes of at least 4 members (excludes halogenated alkanes) is 3. The fraction of sp³-hybridized carbons (Fsp3) is 0.412. The van der Waals surface area contributed by atoms with Gasteiger partial charge in [-0.2, -0.15) is 0 Å². The number of ether oxygens (including phenoxy) is 1. The maximum atomic E-state index is 12.5. The van der Waals surface area contributed by atoms with E-state index < -0.39 is 5.91 Å². The second kappa shape index (κ2) is 7.45. The molecule has 1 heterocycles. The van der Waals surface area contributed by atoms with E-state index in [2.05, 4.69) is 6.92 Å². The Morgan fingerprint density at radius 1 is 1.05 bits per heavy atom. The number of carbonyl (C=O) groups excluding carboxylic acids is 2. The van der Waals surface area contributed by atoms with Gasteiger partial charge in [0.1, 0.15) is 10.8 Å². The van der Waals surface area contributed by atoms with Crippen molar-refractivity contribution in [1.29, 1.82) is 0 Å². The number of carbonyl (C=O) groups is 2. The average Bonchev–Trinajstić information content (AvgIpc) is 2.75. The molecule has 0 unspecified atom stereocenters. The van der Waals surface area contributed by atoms with E-state index in [1.807, 2.05) is 0 Å². The summed E-state index contributed by atoms with van der Waals surface area (Å²) in [7, 11) is 1.57. The molecule has 0 N–H and O–H groups in total. The zero-order chi connectivity index (χ0) is 16.1. The molecule has 0 saturated heterocycles. The van der Waals surface area contributed by atoms with Crippen LogP contribution in [0.3, 0.4) is 0 Å². The fourth-order valence-electron chi connectivity index (χ4n) is 2.45. The molecular weight excluding hydrogens is 302 g/mol. The van der Waals surface area contributed by atoms with Gasteiger partial charge < -0.3 is 4.74 Å². The Labute approximate surface area is 135 Å². The maximum absolute atomic E-state index is 12.5. The Morgan fingerprint density at radius 2 is 1.73 bits per heavy atom. The first-order valence-electron chi connectivity index (χ1n) is 7.50. The number of halogens is 1. The smallest absolute Gasteiger partial charge is 0.273 e. The summed E-state index contributed by atoms with van der Waals surface area (Å²) in [4.78, 5) is 25.9. The van der Waals surface area contributed by atoms with Crippen LogP contribution < -0.4 is 4.74 Å². The lowest BCUT2D eigenvalue weighted by Crippen LogP contribution is -2.32. The van der Waals surface area contributed by atoms with Gasteiger partial charge in [0.05, 0.1) is 12.7 Å². The van der Waals surface area contributed by atoms with E-state index in [1.165, 1.54) is 4.90 Å². The summed E-state index contributed by atoms with van der Waals surface area (Å²) >= 11 is 6.10. The molecule has 1 aliphatic heterocycles. The predicted octanol–water partition coefficient (Wildman–Crippen LogP) is 3.59. The van der Waals surface area contributed by atoms with Crippen molar-refractivity contribution < 1.29 is 14.3 Å². The van der Waals surface area contributed by atoms with Crippen LogP contribution in [0.15, 0.2) is 29.3 Å². The van der Waals surface area contributed by atoms with Crippen LogP contribution in [-0.4, -0.2) is 30.4 Å². The summed E-state index contributed by atoms with van der Waals surface area (Å²) < 4.78 is 5.09. The molecular formula is C17H20ClNO3. The molecule has 0 spiro atoms. The highest BCUT2D eigenvalue weighted by molar-refractivity contribution is 6.55. The quantitative estimate of drug-likeness (QED) is 0.569. The first kappa shape index (κ1) is 16.6. The van der Waals surface area contributed by atoms with Gasteiger partial charge in [0.15, 0.2) is 0 Å². The highest BCUT2D eigenvalue weighted by Crippen LogP contribution is 2.32. The van der Waals surface area contributed by atoms with E-state index in [0.717, 1.165) is 25.7 Å². The van der Waals surface area contributed by atoms with E-state index in [9.17, 15) is 9.59 Å². The van der Waals surface area contributed by atoms with Crippen LogP contribution in [0.25, 0.3) is 5.57 Å². The van der Waals surface area contributed by atoms with E-state index in [-0.39, 0.29) is 16.5 Å². The van der Waals surface area contributed by atoms with Crippen LogP contribution in [0, 0.1) is 0 Å². The van der Waals surface area contributed by atoms with Crippen LogP contribution in [0.4, 0.5) is 0 Å². The highest BCUT2D eigenvalue weighted by atomic mass is 35.5. The Kier molecular flexibility index (Phi) is 5.61. The third-order valence-corrected chi connectivity index (χ3v) is 4.08. The number of imide groups is 1. The number of rotatable bonds is 7. The van der Waals surface area contributed by atoms with Crippen LogP contribution in [0.2, 0.25) is 0 Å². The van der Waals surface area contributed by atoms with Crippen molar-refractivity contribution in [2.45, 2.75) is 32.6 Å². The molecule has 4 nitrogen and oxygen atoms in total. The molecule has 118 valence electrons. The molecule has 0 saturated carbocycles. The number of hydrogen-bond donors (Lipinski definition) is 0. The van der Waals surface area contributed by atoms with Gasteiger partial charge in [0.2, 0.25) is 0 Å². The van der Waals surface area contributed by atoms with Crippen molar-refractivity contribution in [2.24, 2.45) is 0 Å². The Balaban J connectivity index is 2.14. The minimum Gasteiger partial charge on any atom is -0.497 e. The number of hydrogen-bond acceptors (Lipinski definition) is 3. The minimum absolute atomic E-state index is 0.00524. The molecule has 0 radical (unpaired) electrons. The Hall–Kier alpha value is -1.81. The molecule has 0 aliphatic carbocycles. The molecule has 0 fully saturated rings. The molecule has 1 aliphatic rings. The zero-order valence-electron chi connectivity index (χ0n) is 12.9. The number of nitrogens with zero attached hydrogens (tertiary/aromatic N) is 1. The topological polar surface area (TPSA) is 46.6 Å². The van der Waals surface area contributed by atoms with Gasteiger partial charge in [-0.1, -0.05) is 49.9 Å². The highest BCUT2D eigenvalue weighted by Gasteiger charge is 2.37. The molecule has 5 heteroatoms. The monoisotopic (exact) mass is 321 g/mol. The van der Waals surface area contributed by atoms with E-state index in [0.29, 0.717) is 17.9 Å². The molecule has 1 aromatic carbocycles. The molecule has 0 bridgehead atoms. The van der Waals surface area contributed by atoms with Crippen molar-refractivity contribution in [3.05, 3.63) is 34.9 Å². The first-order chi connectivity index (χ1) is 10.6. The van der Waals surface area contributed by atoms with E-state index in [1.54, 1.807) is 31.4 Å². The average molecular weight is 322 g/mol. The third-order valence-electron chi connectivity index (χ3n) is 3.73. The lowest BCUT2D eigenvalue weighted by molar-refractivity contribution is -0.136. The summed E-state index contributed by atoms with van der Waals surface area (Å²) in [6.45, 7) is 2.54. The molecule has 22 heavy (non-hydrogen) atoms. The van der Waals surface area contributed by atoms with Gasteiger partial charge in [-0.25, -0.2) is 0 Å². The van der Waals surface area contributed by atoms with Crippen molar-refractivity contribution in [1.82, 2.24) is 4.90 Å². The first-order valence-corrected chi connectivity index (χ1v) is 7.88. The van der Waals surface area contributed by atoms with Crippen LogP contribution in [-0.2, 0) is 9.59 Å². The van der Waals surface area contributed by atoms with Gasteiger partial charge >= 0.3 is 0 Å². The van der Waals surface area contributed by atoms with Gasteiger partial charge in [-0.15, -0.1) is 0 Å². The largest absolute Gasteiger partial charge is 0.497 e. The van der Waals surface area contributed by atoms with Gasteiger partial charge in [0, 0.05) is 6.54 Å².